The molecule has 3 nitrogen and oxygen atoms in total. The van der Waals surface area contributed by atoms with Crippen molar-refractivity contribution in [3.8, 4) is 5.75 Å². The van der Waals surface area contributed by atoms with Crippen molar-refractivity contribution >= 4 is 0 Å². The van der Waals surface area contributed by atoms with Gasteiger partial charge in [-0.25, -0.2) is 0 Å². The van der Waals surface area contributed by atoms with Crippen molar-refractivity contribution in [3.05, 3.63) is 53.9 Å². The Morgan fingerprint density at radius 2 is 1.89 bits per heavy atom. The summed E-state index contributed by atoms with van der Waals surface area (Å²) in [5.41, 5.74) is 2.49. The first-order chi connectivity index (χ1) is 9.19. The smallest absolute Gasteiger partial charge is 0.124 e. The third-order valence-electron chi connectivity index (χ3n) is 3.44. The first kappa shape index (κ1) is 13.7. The normalized spacial score (nSPS) is 12.7. The Balaban J connectivity index is 2.52. The SMILES string of the molecule is CCn1cccc1C(c1ccccc1OC)N(C)C. The Hall–Kier alpha value is -1.74. The molecule has 0 radical (unpaired) electrons. The van der Waals surface area contributed by atoms with Crippen LogP contribution in [0.15, 0.2) is 42.6 Å². The number of ether oxygens (including phenoxy) is 1. The standard InChI is InChI=1S/C16H22N2O/c1-5-18-12-8-10-14(18)16(17(2)3)13-9-6-7-11-15(13)19-4/h6-12,16H,5H2,1-4H3. The predicted molar refractivity (Wildman–Crippen MR) is 78.6 cm³/mol. The highest BCUT2D eigenvalue weighted by Gasteiger charge is 2.22. The molecular weight excluding hydrogens is 236 g/mol. The highest BCUT2D eigenvalue weighted by molar-refractivity contribution is 5.40. The molecule has 1 atom stereocenters. The first-order valence-electron chi connectivity index (χ1n) is 6.63. The fourth-order valence-corrected chi connectivity index (χ4v) is 2.56. The lowest BCUT2D eigenvalue weighted by molar-refractivity contribution is 0.315. The number of nitrogens with zero attached hydrogens (tertiary/aromatic N) is 2. The van der Waals surface area contributed by atoms with Crippen LogP contribution in [0.3, 0.4) is 0 Å². The summed E-state index contributed by atoms with van der Waals surface area (Å²) in [5, 5.41) is 0. The zero-order valence-corrected chi connectivity index (χ0v) is 12.1. The zero-order chi connectivity index (χ0) is 13.8. The number of hydrogen-bond donors (Lipinski definition) is 0. The number of methoxy groups -OCH3 is 1. The molecule has 0 aliphatic heterocycles. The third-order valence-corrected chi connectivity index (χ3v) is 3.44. The van der Waals surface area contributed by atoms with Gasteiger partial charge in [0.2, 0.25) is 0 Å². The van der Waals surface area contributed by atoms with E-state index in [2.05, 4.69) is 60.9 Å². The number of rotatable bonds is 5. The molecule has 0 bridgehead atoms. The van der Waals surface area contributed by atoms with E-state index in [4.69, 9.17) is 4.74 Å². The van der Waals surface area contributed by atoms with Crippen LogP contribution >= 0.6 is 0 Å². The number of para-hydroxylation sites is 1. The van der Waals surface area contributed by atoms with Crippen molar-refractivity contribution in [2.45, 2.75) is 19.5 Å². The van der Waals surface area contributed by atoms with Crippen molar-refractivity contribution in [3.63, 3.8) is 0 Å². The van der Waals surface area contributed by atoms with Gasteiger partial charge in [0.15, 0.2) is 0 Å². The first-order valence-corrected chi connectivity index (χ1v) is 6.63. The number of hydrogen-bond acceptors (Lipinski definition) is 2. The maximum absolute atomic E-state index is 5.51. The Labute approximate surface area is 115 Å². The molecular formula is C16H22N2O. The molecule has 0 spiro atoms. The molecule has 0 fully saturated rings. The van der Waals surface area contributed by atoms with Crippen LogP contribution in [0.4, 0.5) is 0 Å². The van der Waals surface area contributed by atoms with E-state index < -0.39 is 0 Å². The van der Waals surface area contributed by atoms with Crippen molar-refractivity contribution in [2.24, 2.45) is 0 Å². The summed E-state index contributed by atoms with van der Waals surface area (Å²) in [6.07, 6.45) is 2.13. The summed E-state index contributed by atoms with van der Waals surface area (Å²) in [5.74, 6) is 0.935. The maximum atomic E-state index is 5.51. The quantitative estimate of drug-likeness (QED) is 0.819. The molecule has 1 aromatic carbocycles. The molecule has 102 valence electrons. The van der Waals surface area contributed by atoms with E-state index in [0.717, 1.165) is 12.3 Å². The van der Waals surface area contributed by atoms with Gasteiger partial charge >= 0.3 is 0 Å². The lowest BCUT2D eigenvalue weighted by atomic mass is 10.0. The highest BCUT2D eigenvalue weighted by Crippen LogP contribution is 2.33. The van der Waals surface area contributed by atoms with E-state index in [1.54, 1.807) is 7.11 Å². The van der Waals surface area contributed by atoms with Gasteiger partial charge in [0.25, 0.3) is 0 Å². The van der Waals surface area contributed by atoms with Crippen molar-refractivity contribution in [1.29, 1.82) is 0 Å². The average molecular weight is 258 g/mol. The van der Waals surface area contributed by atoms with Crippen LogP contribution in [0, 0.1) is 0 Å². The molecule has 19 heavy (non-hydrogen) atoms. The summed E-state index contributed by atoms with van der Waals surface area (Å²) in [4.78, 5) is 2.22. The van der Waals surface area contributed by atoms with Crippen LogP contribution in [0.1, 0.15) is 24.2 Å². The van der Waals surface area contributed by atoms with Crippen LogP contribution in [0.5, 0.6) is 5.75 Å². The Morgan fingerprint density at radius 1 is 1.16 bits per heavy atom. The minimum atomic E-state index is 0.200. The molecule has 2 rings (SSSR count). The second kappa shape index (κ2) is 5.93. The van der Waals surface area contributed by atoms with Crippen LogP contribution < -0.4 is 4.74 Å². The largest absolute Gasteiger partial charge is 0.496 e. The minimum Gasteiger partial charge on any atom is -0.496 e. The molecule has 0 amide bonds. The molecule has 1 unspecified atom stereocenters. The maximum Gasteiger partial charge on any atom is 0.124 e. The Morgan fingerprint density at radius 3 is 2.53 bits per heavy atom. The zero-order valence-electron chi connectivity index (χ0n) is 12.1. The van der Waals surface area contributed by atoms with Gasteiger partial charge in [-0.3, -0.25) is 4.90 Å². The molecule has 0 saturated carbocycles. The molecule has 0 saturated heterocycles. The van der Waals surface area contributed by atoms with Gasteiger partial charge in [-0.1, -0.05) is 18.2 Å². The molecule has 2 aromatic rings. The highest BCUT2D eigenvalue weighted by atomic mass is 16.5. The number of benzene rings is 1. The van der Waals surface area contributed by atoms with E-state index in [1.807, 2.05) is 12.1 Å². The van der Waals surface area contributed by atoms with Gasteiger partial charge in [-0.05, 0) is 39.2 Å². The molecule has 3 heteroatoms. The Kier molecular flexibility index (Phi) is 4.27. The van der Waals surface area contributed by atoms with E-state index in [9.17, 15) is 0 Å². The summed E-state index contributed by atoms with van der Waals surface area (Å²) < 4.78 is 7.79. The molecule has 0 aliphatic carbocycles. The van der Waals surface area contributed by atoms with E-state index >= 15 is 0 Å². The fraction of sp³-hybridized carbons (Fsp3) is 0.375. The van der Waals surface area contributed by atoms with Crippen LogP contribution in [-0.4, -0.2) is 30.7 Å². The molecule has 1 aromatic heterocycles. The fourth-order valence-electron chi connectivity index (χ4n) is 2.56. The molecule has 1 heterocycles. The van der Waals surface area contributed by atoms with E-state index in [-0.39, 0.29) is 6.04 Å². The Bertz CT molecular complexity index is 531. The third kappa shape index (κ3) is 2.66. The van der Waals surface area contributed by atoms with Crippen molar-refractivity contribution in [2.75, 3.05) is 21.2 Å². The predicted octanol–water partition coefficient (Wildman–Crippen LogP) is 3.17. The summed E-state index contributed by atoms with van der Waals surface area (Å²) >= 11 is 0. The lowest BCUT2D eigenvalue weighted by Gasteiger charge is -2.27. The second-order valence-electron chi connectivity index (χ2n) is 4.83. The topological polar surface area (TPSA) is 17.4 Å². The number of aromatic nitrogens is 1. The van der Waals surface area contributed by atoms with Crippen molar-refractivity contribution in [1.82, 2.24) is 9.47 Å². The van der Waals surface area contributed by atoms with Gasteiger partial charge in [0, 0.05) is 24.0 Å². The lowest BCUT2D eigenvalue weighted by Crippen LogP contribution is -2.24. The van der Waals surface area contributed by atoms with Crippen LogP contribution in [-0.2, 0) is 6.54 Å². The second-order valence-corrected chi connectivity index (χ2v) is 4.83. The minimum absolute atomic E-state index is 0.200. The van der Waals surface area contributed by atoms with Crippen LogP contribution in [0.25, 0.3) is 0 Å². The monoisotopic (exact) mass is 258 g/mol. The van der Waals surface area contributed by atoms with Gasteiger partial charge in [0.05, 0.1) is 13.2 Å². The van der Waals surface area contributed by atoms with Crippen LogP contribution in [0.2, 0.25) is 0 Å². The summed E-state index contributed by atoms with van der Waals surface area (Å²) in [6.45, 7) is 3.14. The summed E-state index contributed by atoms with van der Waals surface area (Å²) in [7, 11) is 5.93. The van der Waals surface area contributed by atoms with E-state index in [0.29, 0.717) is 0 Å². The van der Waals surface area contributed by atoms with E-state index in [1.165, 1.54) is 11.3 Å². The van der Waals surface area contributed by atoms with Gasteiger partial charge in [-0.2, -0.15) is 0 Å². The van der Waals surface area contributed by atoms with Gasteiger partial charge < -0.3 is 9.30 Å². The van der Waals surface area contributed by atoms with Gasteiger partial charge in [0.1, 0.15) is 5.75 Å². The van der Waals surface area contributed by atoms with Gasteiger partial charge in [-0.15, -0.1) is 0 Å². The molecule has 0 N–H and O–H groups in total. The summed E-state index contributed by atoms with van der Waals surface area (Å²) in [6, 6.07) is 12.7. The number of aryl methyl sites for hydroxylation is 1. The molecule has 0 aliphatic rings. The average Bonchev–Trinajstić information content (AvgIpc) is 2.87. The van der Waals surface area contributed by atoms with Crippen molar-refractivity contribution < 1.29 is 4.74 Å².